The van der Waals surface area contributed by atoms with Gasteiger partial charge in [-0.15, -0.1) is 0 Å². The summed E-state index contributed by atoms with van der Waals surface area (Å²) in [4.78, 5) is 11.9. The molecule has 0 aliphatic heterocycles. The molecule has 0 atom stereocenters. The quantitative estimate of drug-likeness (QED) is 0.700. The van der Waals surface area contributed by atoms with Crippen LogP contribution in [-0.4, -0.2) is 12.5 Å². The molecule has 0 heterocycles. The fraction of sp³-hybridized carbons (Fsp3) is 0.133. The lowest BCUT2D eigenvalue weighted by Crippen LogP contribution is -2.20. The van der Waals surface area contributed by atoms with Gasteiger partial charge in [-0.1, -0.05) is 52.5 Å². The second-order valence-electron chi connectivity index (χ2n) is 4.45. The number of carbonyl (C=O) groups excluding carboxylic acids is 1. The highest BCUT2D eigenvalue weighted by atomic mass is 35.5. The largest absolute Gasteiger partial charge is 0.482 e. The zero-order valence-electron chi connectivity index (χ0n) is 11.4. The van der Waals surface area contributed by atoms with Gasteiger partial charge in [0.2, 0.25) is 0 Å². The van der Waals surface area contributed by atoms with Crippen LogP contribution in [0.2, 0.25) is 20.1 Å². The van der Waals surface area contributed by atoms with E-state index >= 15 is 0 Å². The van der Waals surface area contributed by atoms with Crippen LogP contribution < -0.4 is 10.1 Å². The smallest absolute Gasteiger partial charge is 0.262 e. The van der Waals surface area contributed by atoms with E-state index in [4.69, 9.17) is 51.1 Å². The number of benzene rings is 2. The Labute approximate surface area is 148 Å². The summed E-state index contributed by atoms with van der Waals surface area (Å²) in [5, 5.41) is 4.19. The van der Waals surface area contributed by atoms with E-state index in [2.05, 4.69) is 5.32 Å². The van der Waals surface area contributed by atoms with E-state index in [-0.39, 0.29) is 23.3 Å². The van der Waals surface area contributed by atoms with Gasteiger partial charge in [0, 0.05) is 16.8 Å². The van der Waals surface area contributed by atoms with E-state index < -0.39 is 0 Å². The molecule has 0 bridgehead atoms. The number of anilines is 1. The molecule has 0 saturated heterocycles. The highest BCUT2D eigenvalue weighted by Gasteiger charge is 2.11. The van der Waals surface area contributed by atoms with Crippen LogP contribution >= 0.6 is 46.4 Å². The minimum Gasteiger partial charge on any atom is -0.482 e. The number of nitrogens with one attached hydrogen (secondary N) is 1. The van der Waals surface area contributed by atoms with E-state index in [9.17, 15) is 4.79 Å². The number of rotatable bonds is 4. The van der Waals surface area contributed by atoms with Gasteiger partial charge in [-0.05, 0) is 30.7 Å². The lowest BCUT2D eigenvalue weighted by Gasteiger charge is -2.11. The highest BCUT2D eigenvalue weighted by molar-refractivity contribution is 6.43. The molecular weight excluding hydrogens is 368 g/mol. The molecule has 0 aliphatic carbocycles. The monoisotopic (exact) mass is 377 g/mol. The second-order valence-corrected chi connectivity index (χ2v) is 6.07. The first-order valence-electron chi connectivity index (χ1n) is 6.21. The third-order valence-corrected chi connectivity index (χ3v) is 4.30. The predicted octanol–water partition coefficient (Wildman–Crippen LogP) is 5.63. The Bertz CT molecular complexity index is 719. The highest BCUT2D eigenvalue weighted by Crippen LogP contribution is 2.33. The zero-order chi connectivity index (χ0) is 16.3. The Hall–Kier alpha value is -1.13. The first-order valence-corrected chi connectivity index (χ1v) is 7.72. The minimum atomic E-state index is -0.340. The fourth-order valence-electron chi connectivity index (χ4n) is 1.69. The number of halogens is 4. The van der Waals surface area contributed by atoms with Crippen molar-refractivity contribution in [3.05, 3.63) is 56.0 Å². The Kier molecular flexibility index (Phi) is 5.81. The molecule has 0 aromatic heterocycles. The topological polar surface area (TPSA) is 38.3 Å². The van der Waals surface area contributed by atoms with Gasteiger partial charge in [-0.25, -0.2) is 0 Å². The van der Waals surface area contributed by atoms with Crippen LogP contribution in [0.4, 0.5) is 5.69 Å². The third kappa shape index (κ3) is 4.20. The van der Waals surface area contributed by atoms with Gasteiger partial charge < -0.3 is 10.1 Å². The van der Waals surface area contributed by atoms with Crippen molar-refractivity contribution in [1.29, 1.82) is 0 Å². The molecule has 116 valence electrons. The number of carbonyl (C=O) groups is 1. The van der Waals surface area contributed by atoms with Crippen molar-refractivity contribution in [2.45, 2.75) is 6.92 Å². The lowest BCUT2D eigenvalue weighted by atomic mass is 10.2. The van der Waals surface area contributed by atoms with Crippen LogP contribution in [0.25, 0.3) is 0 Å². The number of ether oxygens (including phenoxy) is 1. The summed E-state index contributed by atoms with van der Waals surface area (Å²) >= 11 is 23.7. The van der Waals surface area contributed by atoms with Crippen LogP contribution in [0.15, 0.2) is 30.3 Å². The second kappa shape index (κ2) is 7.42. The maximum absolute atomic E-state index is 11.9. The molecular formula is C15H11Cl4NO2. The lowest BCUT2D eigenvalue weighted by molar-refractivity contribution is -0.118. The third-order valence-electron chi connectivity index (χ3n) is 2.88. The summed E-state index contributed by atoms with van der Waals surface area (Å²) in [6.45, 7) is 1.60. The van der Waals surface area contributed by atoms with Crippen LogP contribution in [0, 0.1) is 6.92 Å². The van der Waals surface area contributed by atoms with Crippen LogP contribution in [0.1, 0.15) is 5.56 Å². The summed E-state index contributed by atoms with van der Waals surface area (Å²) in [6.07, 6.45) is 0. The zero-order valence-corrected chi connectivity index (χ0v) is 14.4. The Morgan fingerprint density at radius 1 is 1.05 bits per heavy atom. The van der Waals surface area contributed by atoms with Crippen molar-refractivity contribution in [2.75, 3.05) is 11.9 Å². The summed E-state index contributed by atoms with van der Waals surface area (Å²) < 4.78 is 5.36. The van der Waals surface area contributed by atoms with Crippen molar-refractivity contribution >= 4 is 58.0 Å². The Morgan fingerprint density at radius 3 is 2.45 bits per heavy atom. The molecule has 1 N–H and O–H groups in total. The molecule has 0 unspecified atom stereocenters. The molecule has 2 aromatic rings. The molecule has 0 fully saturated rings. The predicted molar refractivity (Wildman–Crippen MR) is 91.8 cm³/mol. The van der Waals surface area contributed by atoms with E-state index in [0.717, 1.165) is 5.56 Å². The molecule has 2 aromatic carbocycles. The average molecular weight is 379 g/mol. The van der Waals surface area contributed by atoms with Crippen LogP contribution in [0.3, 0.4) is 0 Å². The van der Waals surface area contributed by atoms with Crippen LogP contribution in [-0.2, 0) is 4.79 Å². The van der Waals surface area contributed by atoms with Crippen LogP contribution in [0.5, 0.6) is 5.75 Å². The van der Waals surface area contributed by atoms with Crippen molar-refractivity contribution in [3.8, 4) is 5.75 Å². The molecule has 0 radical (unpaired) electrons. The van der Waals surface area contributed by atoms with Gasteiger partial charge in [0.05, 0.1) is 15.1 Å². The fourth-order valence-corrected chi connectivity index (χ4v) is 2.45. The van der Waals surface area contributed by atoms with Gasteiger partial charge in [0.15, 0.2) is 6.61 Å². The first kappa shape index (κ1) is 17.2. The first-order chi connectivity index (χ1) is 10.4. The van der Waals surface area contributed by atoms with E-state index in [1.165, 1.54) is 12.1 Å². The van der Waals surface area contributed by atoms with Gasteiger partial charge in [-0.3, -0.25) is 4.79 Å². The molecule has 7 heteroatoms. The Morgan fingerprint density at radius 2 is 1.73 bits per heavy atom. The molecule has 1 amide bonds. The summed E-state index contributed by atoms with van der Waals surface area (Å²) in [6, 6.07) is 8.18. The van der Waals surface area contributed by atoms with E-state index in [1.807, 2.05) is 6.92 Å². The van der Waals surface area contributed by atoms with E-state index in [0.29, 0.717) is 20.8 Å². The van der Waals surface area contributed by atoms with Gasteiger partial charge in [0.25, 0.3) is 5.91 Å². The number of amides is 1. The molecule has 0 aliphatic rings. The normalized spacial score (nSPS) is 10.4. The minimum absolute atomic E-state index is 0.219. The summed E-state index contributed by atoms with van der Waals surface area (Å²) in [5.74, 6) is -0.0541. The Balaban J connectivity index is 2.02. The molecule has 22 heavy (non-hydrogen) atoms. The van der Waals surface area contributed by atoms with E-state index in [1.54, 1.807) is 18.2 Å². The summed E-state index contributed by atoms with van der Waals surface area (Å²) in [7, 11) is 0. The van der Waals surface area contributed by atoms with Crippen molar-refractivity contribution in [1.82, 2.24) is 0 Å². The van der Waals surface area contributed by atoms with Crippen molar-refractivity contribution in [2.24, 2.45) is 0 Å². The molecule has 3 nitrogen and oxygen atoms in total. The van der Waals surface area contributed by atoms with Gasteiger partial charge in [-0.2, -0.15) is 0 Å². The number of hydrogen-bond acceptors (Lipinski definition) is 2. The van der Waals surface area contributed by atoms with Gasteiger partial charge >= 0.3 is 0 Å². The molecule has 0 saturated carbocycles. The van der Waals surface area contributed by atoms with Gasteiger partial charge in [0.1, 0.15) is 5.75 Å². The standard InChI is InChI=1S/C15H11Cl4NO2/c1-8-9(16)3-2-4-13(8)20-15(21)7-22-14-6-11(18)10(17)5-12(14)19/h2-6H,7H2,1H3,(H,20,21). The molecule has 0 spiro atoms. The molecule has 2 rings (SSSR count). The maximum atomic E-state index is 11.9. The average Bonchev–Trinajstić information content (AvgIpc) is 2.46. The summed E-state index contributed by atoms with van der Waals surface area (Å²) in [5.41, 5.74) is 1.41. The van der Waals surface area contributed by atoms with Crippen molar-refractivity contribution < 1.29 is 9.53 Å². The number of hydrogen-bond donors (Lipinski definition) is 1. The SMILES string of the molecule is Cc1c(Cl)cccc1NC(=O)COc1cc(Cl)c(Cl)cc1Cl. The maximum Gasteiger partial charge on any atom is 0.262 e. The van der Waals surface area contributed by atoms with Crippen molar-refractivity contribution in [3.63, 3.8) is 0 Å².